The van der Waals surface area contributed by atoms with Crippen LogP contribution >= 0.6 is 23.2 Å². The second-order valence-corrected chi connectivity index (χ2v) is 8.58. The highest BCUT2D eigenvalue weighted by molar-refractivity contribution is 6.42. The van der Waals surface area contributed by atoms with Gasteiger partial charge in [-0.05, 0) is 48.9 Å². The van der Waals surface area contributed by atoms with Crippen LogP contribution in [0.25, 0.3) is 16.6 Å². The lowest BCUT2D eigenvalue weighted by molar-refractivity contribution is 0.0717. The summed E-state index contributed by atoms with van der Waals surface area (Å²) < 4.78 is 7.08. The standard InChI is InChI=1S/C26H23Cl2N3O3/c1-4-21(30(2)25(32)16-13-14-18(27)19(28)15-16)24-29-20-10-6-5-9-17(20)26(33)31(24)22-11-7-8-12-23(22)34-3/h5-15,21H,4H2,1-3H3. The van der Waals surface area contributed by atoms with Crippen molar-refractivity contribution in [2.75, 3.05) is 14.2 Å². The first kappa shape index (κ1) is 23.8. The van der Waals surface area contributed by atoms with Gasteiger partial charge in [-0.25, -0.2) is 4.98 Å². The maximum atomic E-state index is 13.7. The molecule has 0 fully saturated rings. The zero-order valence-corrected chi connectivity index (χ0v) is 20.5. The van der Waals surface area contributed by atoms with Gasteiger partial charge in [-0.1, -0.05) is 54.4 Å². The van der Waals surface area contributed by atoms with E-state index in [2.05, 4.69) is 0 Å². The molecule has 4 aromatic rings. The third-order valence-electron chi connectivity index (χ3n) is 5.77. The first-order valence-corrected chi connectivity index (χ1v) is 11.5. The second kappa shape index (κ2) is 9.87. The van der Waals surface area contributed by atoms with Crippen LogP contribution in [0.3, 0.4) is 0 Å². The molecule has 0 saturated carbocycles. The van der Waals surface area contributed by atoms with Gasteiger partial charge in [-0.3, -0.25) is 14.2 Å². The molecule has 4 rings (SSSR count). The normalized spacial score (nSPS) is 11.9. The van der Waals surface area contributed by atoms with Crippen LogP contribution in [0.1, 0.15) is 35.6 Å². The Balaban J connectivity index is 1.93. The maximum Gasteiger partial charge on any atom is 0.266 e. The van der Waals surface area contributed by atoms with Crippen LogP contribution in [0, 0.1) is 0 Å². The lowest BCUT2D eigenvalue weighted by Gasteiger charge is -2.29. The third-order valence-corrected chi connectivity index (χ3v) is 6.51. The van der Waals surface area contributed by atoms with Gasteiger partial charge in [0, 0.05) is 12.6 Å². The SMILES string of the molecule is CCC(c1nc2ccccc2c(=O)n1-c1ccccc1OC)N(C)C(=O)c1ccc(Cl)c(Cl)c1. The molecule has 0 aliphatic heterocycles. The summed E-state index contributed by atoms with van der Waals surface area (Å²) in [7, 11) is 3.24. The van der Waals surface area contributed by atoms with Crippen LogP contribution in [0.2, 0.25) is 10.0 Å². The number of methoxy groups -OCH3 is 1. The minimum atomic E-state index is -0.510. The quantitative estimate of drug-likeness (QED) is 0.332. The van der Waals surface area contributed by atoms with Crippen LogP contribution in [0.15, 0.2) is 71.5 Å². The van der Waals surface area contributed by atoms with Crippen molar-refractivity contribution in [3.05, 3.63) is 98.5 Å². The minimum Gasteiger partial charge on any atom is -0.495 e. The molecule has 0 spiro atoms. The summed E-state index contributed by atoms with van der Waals surface area (Å²) in [5, 5.41) is 1.14. The van der Waals surface area contributed by atoms with Gasteiger partial charge in [0.2, 0.25) is 0 Å². The number of hydrogen-bond donors (Lipinski definition) is 0. The first-order chi connectivity index (χ1) is 16.4. The Morgan fingerprint density at radius 3 is 2.47 bits per heavy atom. The Kier molecular flexibility index (Phi) is 6.91. The summed E-state index contributed by atoms with van der Waals surface area (Å²) in [5.74, 6) is 0.697. The average Bonchev–Trinajstić information content (AvgIpc) is 2.86. The zero-order valence-electron chi connectivity index (χ0n) is 19.0. The van der Waals surface area contributed by atoms with E-state index in [1.54, 1.807) is 61.5 Å². The molecular weight excluding hydrogens is 473 g/mol. The Bertz CT molecular complexity index is 1430. The zero-order chi connectivity index (χ0) is 24.4. The first-order valence-electron chi connectivity index (χ1n) is 10.7. The number of amides is 1. The van der Waals surface area contributed by atoms with Crippen molar-refractivity contribution >= 4 is 40.0 Å². The van der Waals surface area contributed by atoms with E-state index in [1.807, 2.05) is 25.1 Å². The van der Waals surface area contributed by atoms with Gasteiger partial charge >= 0.3 is 0 Å². The van der Waals surface area contributed by atoms with E-state index in [0.29, 0.717) is 50.2 Å². The molecule has 0 aliphatic carbocycles. The maximum absolute atomic E-state index is 13.7. The van der Waals surface area contributed by atoms with Gasteiger partial charge < -0.3 is 9.64 Å². The molecule has 174 valence electrons. The van der Waals surface area contributed by atoms with Crippen LogP contribution in [0.4, 0.5) is 0 Å². The van der Waals surface area contributed by atoms with Crippen molar-refractivity contribution in [2.45, 2.75) is 19.4 Å². The lowest BCUT2D eigenvalue weighted by atomic mass is 10.1. The fourth-order valence-corrected chi connectivity index (χ4v) is 4.32. The van der Waals surface area contributed by atoms with E-state index < -0.39 is 6.04 Å². The highest BCUT2D eigenvalue weighted by atomic mass is 35.5. The van der Waals surface area contributed by atoms with Crippen molar-refractivity contribution in [1.29, 1.82) is 0 Å². The lowest BCUT2D eigenvalue weighted by Crippen LogP contribution is -2.36. The number of hydrogen-bond acceptors (Lipinski definition) is 4. The number of carbonyl (C=O) groups is 1. The fourth-order valence-electron chi connectivity index (χ4n) is 4.02. The van der Waals surface area contributed by atoms with Crippen LogP contribution in [-0.2, 0) is 0 Å². The van der Waals surface area contributed by atoms with Crippen molar-refractivity contribution < 1.29 is 9.53 Å². The van der Waals surface area contributed by atoms with E-state index in [9.17, 15) is 9.59 Å². The summed E-state index contributed by atoms with van der Waals surface area (Å²) in [6.07, 6.45) is 0.517. The topological polar surface area (TPSA) is 64.4 Å². The number of fused-ring (bicyclic) bond motifs is 1. The summed E-state index contributed by atoms with van der Waals surface area (Å²) >= 11 is 12.2. The Hall–Kier alpha value is -3.35. The summed E-state index contributed by atoms with van der Waals surface area (Å²) in [6.45, 7) is 1.94. The number of carbonyl (C=O) groups excluding carboxylic acids is 1. The predicted molar refractivity (Wildman–Crippen MR) is 135 cm³/mol. The number of rotatable bonds is 6. The molecule has 0 aliphatic rings. The largest absolute Gasteiger partial charge is 0.495 e. The molecule has 0 radical (unpaired) electrons. The highest BCUT2D eigenvalue weighted by Gasteiger charge is 2.28. The number of ether oxygens (including phenoxy) is 1. The smallest absolute Gasteiger partial charge is 0.266 e. The molecule has 34 heavy (non-hydrogen) atoms. The van der Waals surface area contributed by atoms with Crippen LogP contribution in [0.5, 0.6) is 5.75 Å². The number of para-hydroxylation sites is 3. The number of benzene rings is 3. The summed E-state index contributed by atoms with van der Waals surface area (Å²) in [6, 6.07) is 18.7. The van der Waals surface area contributed by atoms with E-state index in [-0.39, 0.29) is 11.5 Å². The van der Waals surface area contributed by atoms with Gasteiger partial charge in [0.05, 0.1) is 39.8 Å². The molecule has 3 aromatic carbocycles. The monoisotopic (exact) mass is 495 g/mol. The molecule has 0 N–H and O–H groups in total. The Morgan fingerprint density at radius 2 is 1.76 bits per heavy atom. The van der Waals surface area contributed by atoms with E-state index in [4.69, 9.17) is 32.9 Å². The molecule has 1 unspecified atom stereocenters. The van der Waals surface area contributed by atoms with Gasteiger partial charge in [0.25, 0.3) is 11.5 Å². The molecule has 8 heteroatoms. The fraction of sp³-hybridized carbons (Fsp3) is 0.192. The number of aromatic nitrogens is 2. The number of halogens is 2. The van der Waals surface area contributed by atoms with Crippen molar-refractivity contribution in [1.82, 2.24) is 14.5 Å². The van der Waals surface area contributed by atoms with E-state index in [0.717, 1.165) is 0 Å². The Labute approximate surface area is 207 Å². The van der Waals surface area contributed by atoms with E-state index >= 15 is 0 Å². The molecule has 0 saturated heterocycles. The molecular formula is C26H23Cl2N3O3. The van der Waals surface area contributed by atoms with Crippen molar-refractivity contribution in [3.8, 4) is 11.4 Å². The Morgan fingerprint density at radius 1 is 1.06 bits per heavy atom. The highest BCUT2D eigenvalue weighted by Crippen LogP contribution is 2.30. The van der Waals surface area contributed by atoms with Crippen molar-refractivity contribution in [2.24, 2.45) is 0 Å². The second-order valence-electron chi connectivity index (χ2n) is 7.77. The van der Waals surface area contributed by atoms with Crippen LogP contribution < -0.4 is 10.3 Å². The van der Waals surface area contributed by atoms with Crippen LogP contribution in [-0.4, -0.2) is 34.5 Å². The van der Waals surface area contributed by atoms with Gasteiger partial charge in [-0.2, -0.15) is 0 Å². The van der Waals surface area contributed by atoms with Crippen molar-refractivity contribution in [3.63, 3.8) is 0 Å². The van der Waals surface area contributed by atoms with Gasteiger partial charge in [-0.15, -0.1) is 0 Å². The molecule has 6 nitrogen and oxygen atoms in total. The molecule has 0 bridgehead atoms. The number of nitrogens with zero attached hydrogens (tertiary/aromatic N) is 3. The third kappa shape index (κ3) is 4.27. The summed E-state index contributed by atoms with van der Waals surface area (Å²) in [5.41, 5.74) is 1.26. The van der Waals surface area contributed by atoms with E-state index in [1.165, 1.54) is 10.6 Å². The van der Waals surface area contributed by atoms with Gasteiger partial charge in [0.1, 0.15) is 11.6 Å². The predicted octanol–water partition coefficient (Wildman–Crippen LogP) is 5.92. The molecule has 1 atom stereocenters. The average molecular weight is 496 g/mol. The molecule has 1 amide bonds. The molecule has 1 heterocycles. The molecule has 1 aromatic heterocycles. The summed E-state index contributed by atoms with van der Waals surface area (Å²) in [4.78, 5) is 33.5. The minimum absolute atomic E-state index is 0.237. The van der Waals surface area contributed by atoms with Gasteiger partial charge in [0.15, 0.2) is 0 Å².